The van der Waals surface area contributed by atoms with E-state index in [0.29, 0.717) is 12.8 Å². The number of alkyl halides is 3. The van der Waals surface area contributed by atoms with Crippen molar-refractivity contribution in [3.63, 3.8) is 0 Å². The molecule has 21 heavy (non-hydrogen) atoms. The van der Waals surface area contributed by atoms with Gasteiger partial charge in [-0.25, -0.2) is 0 Å². The van der Waals surface area contributed by atoms with Crippen LogP contribution in [-0.2, 0) is 17.0 Å². The number of carbonyl (C=O) groups excluding carboxylic acids is 1. The highest BCUT2D eigenvalue weighted by atomic mass is 32.2. The Morgan fingerprint density at radius 2 is 1.76 bits per heavy atom. The van der Waals surface area contributed by atoms with E-state index in [1.54, 1.807) is 0 Å². The SMILES string of the molecule is O=C(c1cccc(C(F)(F)F)c1)C1CC2CCC(C1)S2=O. The molecule has 2 bridgehead atoms. The molecular formula is C15H15F3O2S. The second-order valence-electron chi connectivity index (χ2n) is 5.76. The first kappa shape index (κ1) is 14.8. The Balaban J connectivity index is 1.82. The largest absolute Gasteiger partial charge is 0.416 e. The van der Waals surface area contributed by atoms with Gasteiger partial charge in [-0.1, -0.05) is 12.1 Å². The van der Waals surface area contributed by atoms with Crippen LogP contribution in [-0.4, -0.2) is 20.5 Å². The predicted molar refractivity (Wildman–Crippen MR) is 73.5 cm³/mol. The molecule has 0 radical (unpaired) electrons. The summed E-state index contributed by atoms with van der Waals surface area (Å²) in [5.41, 5.74) is -0.683. The average molecular weight is 316 g/mol. The number of benzene rings is 1. The zero-order valence-corrected chi connectivity index (χ0v) is 12.0. The molecule has 0 N–H and O–H groups in total. The number of rotatable bonds is 2. The van der Waals surface area contributed by atoms with Gasteiger partial charge >= 0.3 is 6.18 Å². The molecule has 2 fully saturated rings. The summed E-state index contributed by atoms with van der Waals surface area (Å²) in [5, 5.41) is 0.0898. The molecule has 2 nitrogen and oxygen atoms in total. The molecule has 2 saturated heterocycles. The molecule has 6 heteroatoms. The second kappa shape index (κ2) is 5.23. The number of Topliss-reactive ketones (excluding diaryl/α,β-unsaturated/α-hetero) is 1. The molecule has 1 aromatic rings. The van der Waals surface area contributed by atoms with E-state index in [1.807, 2.05) is 0 Å². The second-order valence-corrected chi connectivity index (χ2v) is 7.75. The summed E-state index contributed by atoms with van der Waals surface area (Å²) in [7, 11) is -0.863. The van der Waals surface area contributed by atoms with Gasteiger partial charge in [-0.15, -0.1) is 0 Å². The summed E-state index contributed by atoms with van der Waals surface area (Å²) >= 11 is 0. The van der Waals surface area contributed by atoms with E-state index in [4.69, 9.17) is 0 Å². The summed E-state index contributed by atoms with van der Waals surface area (Å²) in [5.74, 6) is -0.529. The van der Waals surface area contributed by atoms with Gasteiger partial charge in [-0.05, 0) is 37.8 Å². The zero-order chi connectivity index (χ0) is 15.2. The van der Waals surface area contributed by atoms with E-state index in [2.05, 4.69) is 0 Å². The first-order chi connectivity index (χ1) is 9.86. The Bertz CT molecular complexity index is 581. The monoisotopic (exact) mass is 316 g/mol. The fourth-order valence-corrected chi connectivity index (χ4v) is 5.46. The number of fused-ring (bicyclic) bond motifs is 2. The molecule has 0 aliphatic carbocycles. The standard InChI is InChI=1S/C15H15F3O2S/c16-15(17,18)11-3-1-2-9(6-11)14(19)10-7-12-4-5-13(8-10)21(12)20/h1-3,6,10,12-13H,4-5,7-8H2. The molecule has 114 valence electrons. The number of halogens is 3. The average Bonchev–Trinajstić information content (AvgIpc) is 2.66. The molecule has 2 atom stereocenters. The van der Waals surface area contributed by atoms with Crippen LogP contribution in [0.5, 0.6) is 0 Å². The summed E-state index contributed by atoms with van der Waals surface area (Å²) in [6, 6.07) is 4.60. The zero-order valence-electron chi connectivity index (χ0n) is 11.2. The minimum atomic E-state index is -4.44. The van der Waals surface area contributed by atoms with Crippen LogP contribution in [0.4, 0.5) is 13.2 Å². The van der Waals surface area contributed by atoms with Gasteiger partial charge in [0.25, 0.3) is 0 Å². The molecule has 2 aliphatic heterocycles. The van der Waals surface area contributed by atoms with Crippen molar-refractivity contribution in [2.75, 3.05) is 0 Å². The lowest BCUT2D eigenvalue weighted by atomic mass is 9.90. The van der Waals surface area contributed by atoms with Gasteiger partial charge in [0.05, 0.1) is 5.56 Å². The first-order valence-electron chi connectivity index (χ1n) is 6.97. The van der Waals surface area contributed by atoms with Crippen LogP contribution in [0.1, 0.15) is 41.6 Å². The van der Waals surface area contributed by atoms with Gasteiger partial charge in [-0.3, -0.25) is 9.00 Å². The quantitative estimate of drug-likeness (QED) is 0.782. The van der Waals surface area contributed by atoms with Crippen molar-refractivity contribution in [3.05, 3.63) is 35.4 Å². The third kappa shape index (κ3) is 2.78. The molecular weight excluding hydrogens is 301 g/mol. The van der Waals surface area contributed by atoms with E-state index >= 15 is 0 Å². The van der Waals surface area contributed by atoms with Crippen molar-refractivity contribution < 1.29 is 22.2 Å². The van der Waals surface area contributed by atoms with Crippen molar-refractivity contribution >= 4 is 16.6 Å². The van der Waals surface area contributed by atoms with Crippen LogP contribution in [0.3, 0.4) is 0 Å². The van der Waals surface area contributed by atoms with Crippen molar-refractivity contribution in [1.29, 1.82) is 0 Å². The van der Waals surface area contributed by atoms with Crippen LogP contribution < -0.4 is 0 Å². The highest BCUT2D eigenvalue weighted by Gasteiger charge is 2.43. The molecule has 0 amide bonds. The summed E-state index contributed by atoms with van der Waals surface area (Å²) < 4.78 is 50.1. The van der Waals surface area contributed by atoms with Gasteiger partial charge in [0.1, 0.15) is 0 Å². The topological polar surface area (TPSA) is 34.1 Å². The molecule has 0 spiro atoms. The molecule has 2 unspecified atom stereocenters. The minimum Gasteiger partial charge on any atom is -0.294 e. The lowest BCUT2D eigenvalue weighted by molar-refractivity contribution is -0.137. The molecule has 0 saturated carbocycles. The number of hydrogen-bond acceptors (Lipinski definition) is 2. The highest BCUT2D eigenvalue weighted by Crippen LogP contribution is 2.40. The van der Waals surface area contributed by atoms with Crippen molar-refractivity contribution in [2.45, 2.75) is 42.4 Å². The molecule has 1 aromatic carbocycles. The normalized spacial score (nSPS) is 32.1. The molecule has 3 rings (SSSR count). The van der Waals surface area contributed by atoms with Gasteiger partial charge < -0.3 is 0 Å². The summed E-state index contributed by atoms with van der Waals surface area (Å²) in [4.78, 5) is 12.4. The Labute approximate surface area is 123 Å². The third-order valence-corrected chi connectivity index (χ3v) is 6.58. The first-order valence-corrected chi connectivity index (χ1v) is 8.24. The smallest absolute Gasteiger partial charge is 0.294 e. The summed E-state index contributed by atoms with van der Waals surface area (Å²) in [6.45, 7) is 0. The van der Waals surface area contributed by atoms with E-state index in [9.17, 15) is 22.2 Å². The summed E-state index contributed by atoms with van der Waals surface area (Å²) in [6.07, 6.45) is -1.63. The Morgan fingerprint density at radius 3 is 2.33 bits per heavy atom. The highest BCUT2D eigenvalue weighted by molar-refractivity contribution is 7.86. The van der Waals surface area contributed by atoms with E-state index in [0.717, 1.165) is 25.0 Å². The van der Waals surface area contributed by atoms with Crippen molar-refractivity contribution in [2.24, 2.45) is 5.92 Å². The maximum Gasteiger partial charge on any atom is 0.416 e. The third-order valence-electron chi connectivity index (χ3n) is 4.41. The maximum absolute atomic E-state index is 12.7. The van der Waals surface area contributed by atoms with E-state index in [1.165, 1.54) is 12.1 Å². The number of hydrogen-bond donors (Lipinski definition) is 0. The maximum atomic E-state index is 12.7. The van der Waals surface area contributed by atoms with Crippen LogP contribution in [0.2, 0.25) is 0 Å². The lowest BCUT2D eigenvalue weighted by Gasteiger charge is -2.26. The van der Waals surface area contributed by atoms with Crippen LogP contribution in [0, 0.1) is 5.92 Å². The van der Waals surface area contributed by atoms with E-state index in [-0.39, 0.29) is 27.8 Å². The van der Waals surface area contributed by atoms with Crippen molar-refractivity contribution in [3.8, 4) is 0 Å². The van der Waals surface area contributed by atoms with Crippen LogP contribution in [0.15, 0.2) is 24.3 Å². The fraction of sp³-hybridized carbons (Fsp3) is 0.533. The number of ketones is 1. The van der Waals surface area contributed by atoms with E-state index < -0.39 is 22.5 Å². The van der Waals surface area contributed by atoms with Gasteiger partial charge in [0.15, 0.2) is 5.78 Å². The Morgan fingerprint density at radius 1 is 1.14 bits per heavy atom. The van der Waals surface area contributed by atoms with Gasteiger partial charge in [-0.2, -0.15) is 13.2 Å². The minimum absolute atomic E-state index is 0.0449. The Hall–Kier alpha value is -1.17. The van der Waals surface area contributed by atoms with Crippen molar-refractivity contribution in [1.82, 2.24) is 0 Å². The van der Waals surface area contributed by atoms with Crippen LogP contribution >= 0.6 is 0 Å². The fourth-order valence-electron chi connectivity index (χ4n) is 3.33. The molecule has 2 heterocycles. The van der Waals surface area contributed by atoms with Crippen LogP contribution in [0.25, 0.3) is 0 Å². The van der Waals surface area contributed by atoms with Gasteiger partial charge in [0.2, 0.25) is 0 Å². The molecule has 2 aliphatic rings. The predicted octanol–water partition coefficient (Wildman–Crippen LogP) is 3.58. The molecule has 0 aromatic heterocycles. The Kier molecular flexibility index (Phi) is 3.67. The number of carbonyl (C=O) groups is 1. The van der Waals surface area contributed by atoms with Gasteiger partial charge in [0, 0.05) is 32.8 Å². The lowest BCUT2D eigenvalue weighted by Crippen LogP contribution is -2.32.